The molecule has 0 fully saturated rings. The summed E-state index contributed by atoms with van der Waals surface area (Å²) in [7, 11) is -2.71. The van der Waals surface area contributed by atoms with Gasteiger partial charge in [0, 0.05) is 0 Å². The van der Waals surface area contributed by atoms with Gasteiger partial charge >= 0.3 is 11.9 Å². The van der Waals surface area contributed by atoms with Crippen molar-refractivity contribution in [3.63, 3.8) is 0 Å². The van der Waals surface area contributed by atoms with E-state index in [4.69, 9.17) is 0 Å². The zero-order valence-electron chi connectivity index (χ0n) is 12.2. The minimum absolute atomic E-state index is 0.455. The summed E-state index contributed by atoms with van der Waals surface area (Å²) in [6.07, 6.45) is 0.910. The number of hydrogen-bond acceptors (Lipinski definition) is 2. The van der Waals surface area contributed by atoms with Crippen LogP contribution in [0.2, 0.25) is 17.6 Å². The van der Waals surface area contributed by atoms with E-state index >= 15 is 0 Å². The molecule has 1 aromatic carbocycles. The van der Waals surface area contributed by atoms with Crippen molar-refractivity contribution in [2.45, 2.75) is 44.3 Å². The van der Waals surface area contributed by atoms with E-state index in [9.17, 15) is 19.8 Å². The van der Waals surface area contributed by atoms with Gasteiger partial charge in [0.25, 0.3) is 0 Å². The van der Waals surface area contributed by atoms with E-state index in [1.165, 1.54) is 0 Å². The molecule has 1 rings (SSSR count). The third kappa shape index (κ3) is 2.93. The van der Waals surface area contributed by atoms with Crippen molar-refractivity contribution in [2.24, 2.45) is 0 Å². The second-order valence-corrected chi connectivity index (χ2v) is 9.78. The Bertz CT molecular complexity index is 450. The zero-order chi connectivity index (χ0) is 15.3. The highest BCUT2D eigenvalue weighted by atomic mass is 28.3. The first-order valence-corrected chi connectivity index (χ1v) is 9.56. The molecule has 2 N–H and O–H groups in total. The Morgan fingerprint density at radius 3 is 1.70 bits per heavy atom. The van der Waals surface area contributed by atoms with E-state index in [1.807, 2.05) is 50.7 Å². The van der Waals surface area contributed by atoms with Crippen LogP contribution in [0.4, 0.5) is 0 Å². The molecular weight excluding hydrogens is 272 g/mol. The summed E-state index contributed by atoms with van der Waals surface area (Å²) in [5.41, 5.74) is -1.18. The first-order chi connectivity index (χ1) is 9.39. The molecule has 0 amide bonds. The van der Waals surface area contributed by atoms with E-state index in [1.54, 1.807) is 0 Å². The average Bonchev–Trinajstić information content (AvgIpc) is 2.40. The number of rotatable bonds is 7. The summed E-state index contributed by atoms with van der Waals surface area (Å²) in [6.45, 7) is 5.54. The number of aliphatic carboxylic acids is 2. The van der Waals surface area contributed by atoms with Crippen LogP contribution in [0.3, 0.4) is 0 Å². The average molecular weight is 294 g/mol. The molecule has 0 aliphatic rings. The minimum atomic E-state index is -2.71. The van der Waals surface area contributed by atoms with Crippen LogP contribution in [0.15, 0.2) is 30.3 Å². The molecule has 4 nitrogen and oxygen atoms in total. The molecule has 2 unspecified atom stereocenters. The highest BCUT2D eigenvalue weighted by molar-refractivity contribution is 6.97. The molecule has 0 radical (unpaired) electrons. The maximum Gasteiger partial charge on any atom is 0.304 e. The van der Waals surface area contributed by atoms with Gasteiger partial charge in [-0.3, -0.25) is 9.59 Å². The van der Waals surface area contributed by atoms with Crippen molar-refractivity contribution < 1.29 is 19.8 Å². The first-order valence-electron chi connectivity index (χ1n) is 6.90. The predicted molar refractivity (Wildman–Crippen MR) is 81.0 cm³/mol. The number of hydrogen-bond donors (Lipinski definition) is 2. The van der Waals surface area contributed by atoms with Gasteiger partial charge in [-0.1, -0.05) is 55.9 Å². The molecule has 0 aromatic heterocycles. The van der Waals surface area contributed by atoms with Gasteiger partial charge in [-0.05, 0) is 12.8 Å². The third-order valence-corrected chi connectivity index (χ3v) is 10.0. The van der Waals surface area contributed by atoms with Gasteiger partial charge in [-0.15, -0.1) is 0 Å². The Morgan fingerprint density at radius 2 is 1.40 bits per heavy atom. The molecule has 2 atom stereocenters. The Labute approximate surface area is 120 Å². The van der Waals surface area contributed by atoms with Crippen LogP contribution in [0, 0.1) is 0 Å². The van der Waals surface area contributed by atoms with Crippen LogP contribution in [0.1, 0.15) is 26.7 Å². The highest BCUT2D eigenvalue weighted by Crippen LogP contribution is 2.37. The monoisotopic (exact) mass is 294 g/mol. The van der Waals surface area contributed by atoms with Gasteiger partial charge in [0.2, 0.25) is 0 Å². The van der Waals surface area contributed by atoms with Gasteiger partial charge in [0.1, 0.15) is 8.07 Å². The summed E-state index contributed by atoms with van der Waals surface area (Å²) in [6, 6.07) is 9.32. The van der Waals surface area contributed by atoms with Crippen LogP contribution in [-0.4, -0.2) is 30.2 Å². The van der Waals surface area contributed by atoms with Crippen molar-refractivity contribution in [1.82, 2.24) is 0 Å². The lowest BCUT2D eigenvalue weighted by Gasteiger charge is -2.38. The SMILES string of the molecule is CCC(C(=O)O)[Si](C)(c1ccccc1)C(CC)C(=O)O. The first kappa shape index (κ1) is 16.4. The van der Waals surface area contributed by atoms with Crippen molar-refractivity contribution in [3.05, 3.63) is 30.3 Å². The molecule has 0 bridgehead atoms. The highest BCUT2D eigenvalue weighted by Gasteiger charge is 2.50. The summed E-state index contributed by atoms with van der Waals surface area (Å²) >= 11 is 0. The van der Waals surface area contributed by atoms with E-state index in [-0.39, 0.29) is 0 Å². The summed E-state index contributed by atoms with van der Waals surface area (Å²) < 4.78 is 0. The van der Waals surface area contributed by atoms with Gasteiger partial charge < -0.3 is 10.2 Å². The lowest BCUT2D eigenvalue weighted by Crippen LogP contribution is -2.56. The lowest BCUT2D eigenvalue weighted by molar-refractivity contribution is -0.137. The topological polar surface area (TPSA) is 74.6 Å². The summed E-state index contributed by atoms with van der Waals surface area (Å²) in [5, 5.41) is 20.0. The Kier molecular flexibility index (Phi) is 5.50. The molecule has 0 aliphatic carbocycles. The smallest absolute Gasteiger partial charge is 0.304 e. The van der Waals surface area contributed by atoms with Crippen molar-refractivity contribution in [3.8, 4) is 0 Å². The molecular formula is C15H22O4Si. The van der Waals surface area contributed by atoms with Crippen molar-refractivity contribution >= 4 is 25.2 Å². The molecule has 0 spiro atoms. The second kappa shape index (κ2) is 6.70. The minimum Gasteiger partial charge on any atom is -0.481 e. The molecule has 1 aromatic rings. The second-order valence-electron chi connectivity index (χ2n) is 5.25. The maximum atomic E-state index is 11.6. The Balaban J connectivity index is 3.47. The van der Waals surface area contributed by atoms with Crippen molar-refractivity contribution in [1.29, 1.82) is 0 Å². The summed E-state index contributed by atoms with van der Waals surface area (Å²) in [4.78, 5) is 23.3. The molecule has 0 saturated carbocycles. The van der Waals surface area contributed by atoms with Crippen LogP contribution in [0.25, 0.3) is 0 Å². The van der Waals surface area contributed by atoms with E-state index < -0.39 is 31.1 Å². The van der Waals surface area contributed by atoms with Gasteiger partial charge in [0.15, 0.2) is 0 Å². The van der Waals surface area contributed by atoms with Crippen LogP contribution < -0.4 is 5.19 Å². The standard InChI is InChI=1S/C15H22O4Si/c1-4-12(14(16)17)20(3,13(5-2)15(18)19)11-9-7-6-8-10-11/h6-10,12-13H,4-5H2,1-3H3,(H,16,17)(H,18,19). The number of carbonyl (C=O) groups is 2. The summed E-state index contributed by atoms with van der Waals surface area (Å²) in [5.74, 6) is -1.77. The largest absolute Gasteiger partial charge is 0.481 e. The molecule has 110 valence electrons. The normalized spacial score (nSPS) is 16.9. The van der Waals surface area contributed by atoms with Gasteiger partial charge in [-0.2, -0.15) is 0 Å². The molecule has 5 heteroatoms. The fourth-order valence-electron chi connectivity index (χ4n) is 3.15. The lowest BCUT2D eigenvalue weighted by atomic mass is 10.3. The maximum absolute atomic E-state index is 11.6. The van der Waals surface area contributed by atoms with Crippen molar-refractivity contribution in [2.75, 3.05) is 0 Å². The molecule has 0 saturated heterocycles. The van der Waals surface area contributed by atoms with Gasteiger partial charge in [0.05, 0.1) is 11.1 Å². The number of benzene rings is 1. The number of carboxylic acids is 2. The quantitative estimate of drug-likeness (QED) is 0.758. The fraction of sp³-hybridized carbons (Fsp3) is 0.467. The van der Waals surface area contributed by atoms with E-state index in [0.717, 1.165) is 5.19 Å². The molecule has 20 heavy (non-hydrogen) atoms. The number of carboxylic acid groups (broad SMARTS) is 2. The zero-order valence-corrected chi connectivity index (χ0v) is 13.2. The molecule has 0 heterocycles. The van der Waals surface area contributed by atoms with Gasteiger partial charge in [-0.25, -0.2) is 0 Å². The molecule has 0 aliphatic heterocycles. The van der Waals surface area contributed by atoms with E-state index in [2.05, 4.69) is 0 Å². The Morgan fingerprint density at radius 1 is 1.00 bits per heavy atom. The van der Waals surface area contributed by atoms with Crippen LogP contribution >= 0.6 is 0 Å². The third-order valence-electron chi connectivity index (χ3n) is 4.26. The predicted octanol–water partition coefficient (Wildman–Crippen LogP) is 2.70. The van der Waals surface area contributed by atoms with Crippen LogP contribution in [0.5, 0.6) is 0 Å². The van der Waals surface area contributed by atoms with Crippen LogP contribution in [-0.2, 0) is 9.59 Å². The fourth-order valence-corrected chi connectivity index (χ4v) is 8.08. The Hall–Kier alpha value is -1.62. The van der Waals surface area contributed by atoms with E-state index in [0.29, 0.717) is 12.8 Å².